The van der Waals surface area contributed by atoms with Gasteiger partial charge in [-0.3, -0.25) is 0 Å². The van der Waals surface area contributed by atoms with Gasteiger partial charge in [0, 0.05) is 0 Å². The monoisotopic (exact) mass is 340 g/mol. The Bertz CT molecular complexity index is 551. The van der Waals surface area contributed by atoms with Crippen molar-refractivity contribution in [3.63, 3.8) is 0 Å². The largest absolute Gasteiger partial charge is 0.205 e. The third-order valence-corrected chi connectivity index (χ3v) is 4.41. The summed E-state index contributed by atoms with van der Waals surface area (Å²) in [6.45, 7) is 2.16. The van der Waals surface area contributed by atoms with E-state index in [0.717, 1.165) is 24.0 Å². The second kappa shape index (κ2) is 6.53. The van der Waals surface area contributed by atoms with Crippen molar-refractivity contribution in [3.8, 4) is 0 Å². The minimum atomic E-state index is -0.383. The maximum Gasteiger partial charge on any atom is 0.142 e. The van der Waals surface area contributed by atoms with Crippen LogP contribution in [0.25, 0.3) is 0 Å². The molecule has 0 bridgehead atoms. The summed E-state index contributed by atoms with van der Waals surface area (Å²) in [5.74, 6) is -0.383. The molecule has 0 aliphatic heterocycles. The molecule has 0 nitrogen and oxygen atoms in total. The fourth-order valence-electron chi connectivity index (χ4n) is 2.00. The highest BCUT2D eigenvalue weighted by Gasteiger charge is 2.12. The number of hydrogen-bond acceptors (Lipinski definition) is 0. The van der Waals surface area contributed by atoms with Crippen molar-refractivity contribution in [1.29, 1.82) is 0 Å². The quantitative estimate of drug-likeness (QED) is 0.606. The lowest BCUT2D eigenvalue weighted by atomic mass is 10.0. The number of hydrogen-bond donors (Lipinski definition) is 0. The standard InChI is InChI=1S/C16H15BrClF/c1-2-3-11-4-6-12(7-5-11)16(17)13-8-9-14(18)15(19)10-13/h4-10,16H,2-3H2,1H3. The Morgan fingerprint density at radius 2 is 1.74 bits per heavy atom. The van der Waals surface area contributed by atoms with Gasteiger partial charge in [-0.1, -0.05) is 71.2 Å². The first-order valence-corrected chi connectivity index (χ1v) is 7.59. The first-order chi connectivity index (χ1) is 9.11. The average molecular weight is 342 g/mol. The molecule has 19 heavy (non-hydrogen) atoms. The third kappa shape index (κ3) is 3.58. The number of rotatable bonds is 4. The maximum absolute atomic E-state index is 13.5. The molecule has 0 aromatic heterocycles. The van der Waals surface area contributed by atoms with Crippen LogP contribution < -0.4 is 0 Å². The highest BCUT2D eigenvalue weighted by molar-refractivity contribution is 9.09. The Morgan fingerprint density at radius 1 is 1.11 bits per heavy atom. The maximum atomic E-state index is 13.5. The molecule has 0 amide bonds. The molecule has 0 spiro atoms. The Balaban J connectivity index is 2.22. The minimum absolute atomic E-state index is 0.0186. The third-order valence-electron chi connectivity index (χ3n) is 3.05. The van der Waals surface area contributed by atoms with Crippen molar-refractivity contribution in [1.82, 2.24) is 0 Å². The summed E-state index contributed by atoms with van der Waals surface area (Å²) < 4.78 is 13.5. The lowest BCUT2D eigenvalue weighted by Gasteiger charge is -2.12. The fraction of sp³-hybridized carbons (Fsp3) is 0.250. The fourth-order valence-corrected chi connectivity index (χ4v) is 2.71. The molecule has 2 aromatic rings. The number of alkyl halides is 1. The summed E-state index contributed by atoms with van der Waals surface area (Å²) in [5.41, 5.74) is 3.31. The van der Waals surface area contributed by atoms with Gasteiger partial charge in [-0.2, -0.15) is 0 Å². The molecule has 2 aromatic carbocycles. The van der Waals surface area contributed by atoms with Crippen molar-refractivity contribution in [3.05, 3.63) is 70.0 Å². The van der Waals surface area contributed by atoms with Crippen LogP contribution in [-0.4, -0.2) is 0 Å². The zero-order valence-electron chi connectivity index (χ0n) is 10.7. The number of benzene rings is 2. The molecule has 0 fully saturated rings. The topological polar surface area (TPSA) is 0 Å². The van der Waals surface area contributed by atoms with Crippen molar-refractivity contribution in [2.75, 3.05) is 0 Å². The van der Waals surface area contributed by atoms with Crippen molar-refractivity contribution in [2.45, 2.75) is 24.6 Å². The first kappa shape index (κ1) is 14.5. The van der Waals surface area contributed by atoms with Gasteiger partial charge in [-0.05, 0) is 35.2 Å². The Hall–Kier alpha value is -0.860. The molecular weight excluding hydrogens is 327 g/mol. The van der Waals surface area contributed by atoms with E-state index < -0.39 is 0 Å². The van der Waals surface area contributed by atoms with E-state index in [9.17, 15) is 4.39 Å². The summed E-state index contributed by atoms with van der Waals surface area (Å²) >= 11 is 9.30. The van der Waals surface area contributed by atoms with E-state index in [1.165, 1.54) is 11.6 Å². The highest BCUT2D eigenvalue weighted by atomic mass is 79.9. The SMILES string of the molecule is CCCc1ccc(C(Br)c2ccc(Cl)c(F)c2)cc1. The average Bonchev–Trinajstić information content (AvgIpc) is 2.42. The van der Waals surface area contributed by atoms with Crippen LogP contribution in [0.3, 0.4) is 0 Å². The van der Waals surface area contributed by atoms with Gasteiger partial charge < -0.3 is 0 Å². The highest BCUT2D eigenvalue weighted by Crippen LogP contribution is 2.32. The van der Waals surface area contributed by atoms with Crippen LogP contribution in [0.2, 0.25) is 5.02 Å². The summed E-state index contributed by atoms with van der Waals surface area (Å²) in [6.07, 6.45) is 2.22. The Kier molecular flexibility index (Phi) is 5.00. The van der Waals surface area contributed by atoms with Crippen LogP contribution >= 0.6 is 27.5 Å². The molecule has 3 heteroatoms. The molecule has 0 saturated carbocycles. The van der Waals surface area contributed by atoms with Crippen LogP contribution in [0.15, 0.2) is 42.5 Å². The number of halogens is 3. The van der Waals surface area contributed by atoms with Crippen molar-refractivity contribution in [2.24, 2.45) is 0 Å². The smallest absolute Gasteiger partial charge is 0.142 e. The van der Waals surface area contributed by atoms with Crippen LogP contribution in [0.5, 0.6) is 0 Å². The zero-order chi connectivity index (χ0) is 13.8. The predicted molar refractivity (Wildman–Crippen MR) is 82.6 cm³/mol. The molecule has 0 saturated heterocycles. The van der Waals surface area contributed by atoms with Gasteiger partial charge in [-0.25, -0.2) is 4.39 Å². The lowest BCUT2D eigenvalue weighted by molar-refractivity contribution is 0.626. The van der Waals surface area contributed by atoms with Gasteiger partial charge in [-0.15, -0.1) is 0 Å². The Labute approximate surface area is 126 Å². The van der Waals surface area contributed by atoms with Gasteiger partial charge in [0.2, 0.25) is 0 Å². The second-order valence-electron chi connectivity index (χ2n) is 4.53. The van der Waals surface area contributed by atoms with Crippen LogP contribution in [0, 0.1) is 5.82 Å². The minimum Gasteiger partial charge on any atom is -0.205 e. The molecule has 0 heterocycles. The van der Waals surface area contributed by atoms with E-state index in [1.54, 1.807) is 6.07 Å². The van der Waals surface area contributed by atoms with Gasteiger partial charge >= 0.3 is 0 Å². The van der Waals surface area contributed by atoms with Crippen molar-refractivity contribution >= 4 is 27.5 Å². The summed E-state index contributed by atoms with van der Waals surface area (Å²) in [4.78, 5) is -0.0186. The number of aryl methyl sites for hydroxylation is 1. The molecule has 0 aliphatic carbocycles. The first-order valence-electron chi connectivity index (χ1n) is 6.29. The molecule has 100 valence electrons. The van der Waals surface area contributed by atoms with Gasteiger partial charge in [0.1, 0.15) is 5.82 Å². The van der Waals surface area contributed by atoms with E-state index in [2.05, 4.69) is 47.1 Å². The van der Waals surface area contributed by atoms with E-state index in [4.69, 9.17) is 11.6 Å². The summed E-state index contributed by atoms with van der Waals surface area (Å²) in [7, 11) is 0. The molecular formula is C16H15BrClF. The second-order valence-corrected chi connectivity index (χ2v) is 5.85. The molecule has 1 atom stereocenters. The summed E-state index contributed by atoms with van der Waals surface area (Å²) in [6, 6.07) is 13.3. The van der Waals surface area contributed by atoms with E-state index in [1.807, 2.05) is 6.07 Å². The molecule has 2 rings (SSSR count). The van der Waals surface area contributed by atoms with Gasteiger partial charge in [0.25, 0.3) is 0 Å². The Morgan fingerprint density at radius 3 is 2.32 bits per heavy atom. The zero-order valence-corrected chi connectivity index (χ0v) is 13.0. The van der Waals surface area contributed by atoms with E-state index in [-0.39, 0.29) is 15.7 Å². The molecule has 0 N–H and O–H groups in total. The normalized spacial score (nSPS) is 12.4. The lowest BCUT2D eigenvalue weighted by Crippen LogP contribution is -1.94. The van der Waals surface area contributed by atoms with Crippen molar-refractivity contribution < 1.29 is 4.39 Å². The molecule has 0 aliphatic rings. The molecule has 1 unspecified atom stereocenters. The predicted octanol–water partition coefficient (Wildman–Crippen LogP) is 5.92. The summed E-state index contributed by atoms with van der Waals surface area (Å²) in [5, 5.41) is 0.154. The van der Waals surface area contributed by atoms with Crippen LogP contribution in [0.1, 0.15) is 34.9 Å². The van der Waals surface area contributed by atoms with Crippen LogP contribution in [0.4, 0.5) is 4.39 Å². The van der Waals surface area contributed by atoms with E-state index >= 15 is 0 Å². The van der Waals surface area contributed by atoms with Crippen LogP contribution in [-0.2, 0) is 6.42 Å². The van der Waals surface area contributed by atoms with Gasteiger partial charge in [0.05, 0.1) is 9.85 Å². The van der Waals surface area contributed by atoms with Gasteiger partial charge in [0.15, 0.2) is 0 Å². The molecule has 0 radical (unpaired) electrons. The van der Waals surface area contributed by atoms with E-state index in [0.29, 0.717) is 0 Å².